The van der Waals surface area contributed by atoms with E-state index in [0.29, 0.717) is 19.6 Å². The lowest BCUT2D eigenvalue weighted by molar-refractivity contribution is -0.140. The van der Waals surface area contributed by atoms with E-state index in [4.69, 9.17) is 0 Å². The van der Waals surface area contributed by atoms with Crippen LogP contribution in [0.25, 0.3) is 0 Å². The van der Waals surface area contributed by atoms with Crippen LogP contribution < -0.4 is 5.32 Å². The lowest BCUT2D eigenvalue weighted by Crippen LogP contribution is -2.44. The van der Waals surface area contributed by atoms with Crippen molar-refractivity contribution in [3.8, 4) is 0 Å². The quantitative estimate of drug-likeness (QED) is 0.604. The Hall–Kier alpha value is -1.85. The molecule has 0 spiro atoms. The van der Waals surface area contributed by atoms with Crippen LogP contribution >= 0.6 is 0 Å². The lowest BCUT2D eigenvalue weighted by Gasteiger charge is -2.21. The molecule has 6 heteroatoms. The number of urea groups is 1. The van der Waals surface area contributed by atoms with Crippen LogP contribution in [-0.2, 0) is 9.59 Å². The minimum Gasteiger partial charge on any atom is -0.336 e. The molecule has 1 N–H and O–H groups in total. The third-order valence-electron chi connectivity index (χ3n) is 5.22. The highest BCUT2D eigenvalue weighted by atomic mass is 16.2. The number of nitrogens with zero attached hydrogens (tertiary/aromatic N) is 2. The average molecular weight is 305 g/mol. The first-order valence-electron chi connectivity index (χ1n) is 8.14. The van der Waals surface area contributed by atoms with E-state index in [9.17, 15) is 14.4 Å². The van der Waals surface area contributed by atoms with E-state index in [1.165, 1.54) is 4.90 Å². The summed E-state index contributed by atoms with van der Waals surface area (Å²) in [6, 6.07) is -0.147. The highest BCUT2D eigenvalue weighted by molar-refractivity contribution is 6.06. The van der Waals surface area contributed by atoms with Gasteiger partial charge in [0.25, 0.3) is 0 Å². The van der Waals surface area contributed by atoms with Crippen LogP contribution in [0.3, 0.4) is 0 Å². The number of allylic oxidation sites excluding steroid dienone is 2. The molecule has 3 rings (SSSR count). The molecular formula is C16H23N3O3. The molecule has 1 heterocycles. The number of amides is 4. The Labute approximate surface area is 130 Å². The summed E-state index contributed by atoms with van der Waals surface area (Å²) in [6.07, 6.45) is 5.12. The van der Waals surface area contributed by atoms with E-state index >= 15 is 0 Å². The molecule has 22 heavy (non-hydrogen) atoms. The summed E-state index contributed by atoms with van der Waals surface area (Å²) in [6.45, 7) is 5.71. The molecule has 4 atom stereocenters. The maximum absolute atomic E-state index is 12.5. The van der Waals surface area contributed by atoms with Crippen LogP contribution in [-0.4, -0.2) is 53.8 Å². The van der Waals surface area contributed by atoms with Gasteiger partial charge in [-0.05, 0) is 32.1 Å². The van der Waals surface area contributed by atoms with Gasteiger partial charge < -0.3 is 10.2 Å². The highest BCUT2D eigenvalue weighted by Gasteiger charge is 2.58. The molecule has 4 amide bonds. The van der Waals surface area contributed by atoms with Gasteiger partial charge in [0.1, 0.15) is 0 Å². The van der Waals surface area contributed by atoms with Gasteiger partial charge in [0.2, 0.25) is 11.8 Å². The molecule has 6 nitrogen and oxygen atoms in total. The van der Waals surface area contributed by atoms with E-state index in [1.807, 2.05) is 13.8 Å². The third kappa shape index (κ3) is 2.21. The molecular weight excluding hydrogens is 282 g/mol. The Morgan fingerprint density at radius 2 is 1.73 bits per heavy atom. The number of hydrogen-bond donors (Lipinski definition) is 1. The number of hydrogen-bond acceptors (Lipinski definition) is 3. The molecule has 0 radical (unpaired) electrons. The van der Waals surface area contributed by atoms with Crippen molar-refractivity contribution < 1.29 is 14.4 Å². The summed E-state index contributed by atoms with van der Waals surface area (Å²) in [5.41, 5.74) is 0. The molecule has 3 aliphatic rings. The van der Waals surface area contributed by atoms with Crippen LogP contribution in [0.4, 0.5) is 4.79 Å². The molecule has 0 aromatic heterocycles. The second kappa shape index (κ2) is 5.74. The monoisotopic (exact) mass is 305 g/mol. The van der Waals surface area contributed by atoms with Gasteiger partial charge in [0, 0.05) is 26.2 Å². The number of rotatable bonds is 5. The van der Waals surface area contributed by atoms with Gasteiger partial charge in [-0.15, -0.1) is 0 Å². The van der Waals surface area contributed by atoms with E-state index in [-0.39, 0.29) is 48.1 Å². The number of carbonyl (C=O) groups excluding carboxylic acids is 3. The van der Waals surface area contributed by atoms with Crippen LogP contribution in [0.2, 0.25) is 0 Å². The number of likely N-dealkylation sites (tertiary alicyclic amines) is 1. The Kier molecular flexibility index (Phi) is 3.93. The predicted octanol–water partition coefficient (Wildman–Crippen LogP) is 0.845. The van der Waals surface area contributed by atoms with Crippen LogP contribution in [0.15, 0.2) is 12.2 Å². The molecule has 1 saturated carbocycles. The van der Waals surface area contributed by atoms with Gasteiger partial charge in [-0.1, -0.05) is 12.2 Å². The molecule has 120 valence electrons. The van der Waals surface area contributed by atoms with Crippen LogP contribution in [0, 0.1) is 23.7 Å². The second-order valence-electron chi connectivity index (χ2n) is 6.23. The summed E-state index contributed by atoms with van der Waals surface area (Å²) in [5, 5.41) is 2.78. The van der Waals surface area contributed by atoms with Gasteiger partial charge >= 0.3 is 6.03 Å². The normalized spacial score (nSPS) is 31.8. The number of imide groups is 1. The average Bonchev–Trinajstić information content (AvgIpc) is 3.17. The molecule has 0 unspecified atom stereocenters. The zero-order valence-corrected chi connectivity index (χ0v) is 13.1. The highest BCUT2D eigenvalue weighted by Crippen LogP contribution is 2.52. The second-order valence-corrected chi connectivity index (χ2v) is 6.23. The Bertz CT molecular complexity index is 497. The zero-order chi connectivity index (χ0) is 15.9. The SMILES string of the molecule is CCN(CC)C(=O)NCCN1C(=O)[C@@H]2[C@H](C1=O)[C@H]1C=C[C@H]2C1. The van der Waals surface area contributed by atoms with Crippen molar-refractivity contribution in [2.45, 2.75) is 20.3 Å². The summed E-state index contributed by atoms with van der Waals surface area (Å²) in [4.78, 5) is 39.8. The summed E-state index contributed by atoms with van der Waals surface area (Å²) in [7, 11) is 0. The summed E-state index contributed by atoms with van der Waals surface area (Å²) in [5.74, 6) is 0.0678. The van der Waals surface area contributed by atoms with Crippen molar-refractivity contribution >= 4 is 17.8 Å². The molecule has 1 saturated heterocycles. The molecule has 2 fully saturated rings. The van der Waals surface area contributed by atoms with Gasteiger partial charge in [0.15, 0.2) is 0 Å². The van der Waals surface area contributed by atoms with Crippen LogP contribution in [0.5, 0.6) is 0 Å². The number of carbonyl (C=O) groups is 3. The number of fused-ring (bicyclic) bond motifs is 5. The largest absolute Gasteiger partial charge is 0.336 e. The maximum atomic E-state index is 12.5. The Morgan fingerprint density at radius 3 is 2.23 bits per heavy atom. The molecule has 0 aromatic carbocycles. The fourth-order valence-electron chi connectivity index (χ4n) is 4.08. The maximum Gasteiger partial charge on any atom is 0.317 e. The Balaban J connectivity index is 1.55. The first kappa shape index (κ1) is 15.1. The number of nitrogens with one attached hydrogen (secondary N) is 1. The van der Waals surface area contributed by atoms with Crippen molar-refractivity contribution in [3.63, 3.8) is 0 Å². The predicted molar refractivity (Wildman–Crippen MR) is 80.8 cm³/mol. The lowest BCUT2D eigenvalue weighted by atomic mass is 9.85. The van der Waals surface area contributed by atoms with Crippen molar-refractivity contribution in [2.75, 3.05) is 26.2 Å². The van der Waals surface area contributed by atoms with E-state index in [0.717, 1.165) is 6.42 Å². The first-order valence-corrected chi connectivity index (χ1v) is 8.14. The van der Waals surface area contributed by atoms with Gasteiger partial charge in [-0.25, -0.2) is 4.79 Å². The van der Waals surface area contributed by atoms with Gasteiger partial charge in [0.05, 0.1) is 11.8 Å². The fraction of sp³-hybridized carbons (Fsp3) is 0.688. The molecule has 2 aliphatic carbocycles. The Morgan fingerprint density at radius 1 is 1.18 bits per heavy atom. The van der Waals surface area contributed by atoms with Gasteiger partial charge in [-0.2, -0.15) is 0 Å². The summed E-state index contributed by atoms with van der Waals surface area (Å²) >= 11 is 0. The molecule has 2 bridgehead atoms. The molecule has 1 aliphatic heterocycles. The minimum atomic E-state index is -0.152. The first-order chi connectivity index (χ1) is 10.6. The van der Waals surface area contributed by atoms with E-state index < -0.39 is 0 Å². The van der Waals surface area contributed by atoms with Crippen molar-refractivity contribution in [1.82, 2.24) is 15.1 Å². The summed E-state index contributed by atoms with van der Waals surface area (Å²) < 4.78 is 0. The standard InChI is InChI=1S/C16H23N3O3/c1-3-18(4-2)16(22)17-7-8-19-14(20)12-10-5-6-11(9-10)13(12)15(19)21/h5-6,10-13H,3-4,7-9H2,1-2H3,(H,17,22)/t10-,11-,12-,13+/m0/s1. The zero-order valence-electron chi connectivity index (χ0n) is 13.1. The van der Waals surface area contributed by atoms with Crippen molar-refractivity contribution in [3.05, 3.63) is 12.2 Å². The van der Waals surface area contributed by atoms with Crippen molar-refractivity contribution in [1.29, 1.82) is 0 Å². The topological polar surface area (TPSA) is 69.7 Å². The van der Waals surface area contributed by atoms with E-state index in [1.54, 1.807) is 4.90 Å². The third-order valence-corrected chi connectivity index (χ3v) is 5.22. The fourth-order valence-corrected chi connectivity index (χ4v) is 4.08. The molecule has 0 aromatic rings. The van der Waals surface area contributed by atoms with E-state index in [2.05, 4.69) is 17.5 Å². The minimum absolute atomic E-state index is 0.0519. The van der Waals surface area contributed by atoms with Gasteiger partial charge in [-0.3, -0.25) is 14.5 Å². The van der Waals surface area contributed by atoms with Crippen molar-refractivity contribution in [2.24, 2.45) is 23.7 Å². The van der Waals surface area contributed by atoms with Crippen LogP contribution in [0.1, 0.15) is 20.3 Å². The smallest absolute Gasteiger partial charge is 0.317 e.